The molecule has 1 unspecified atom stereocenters. The van der Waals surface area contributed by atoms with Crippen LogP contribution in [0.3, 0.4) is 0 Å². The standard InChI is InChI=1S/C14H20N2S2/c1-11-5-6-14(18-11)13(10-15)16(2)8-7-12-4-3-9-17-12/h3-6,9,13H,7-8,10,15H2,1-2H3. The quantitative estimate of drug-likeness (QED) is 0.880. The van der Waals surface area contributed by atoms with E-state index in [1.165, 1.54) is 14.6 Å². The Bertz CT molecular complexity index is 462. The molecule has 0 aliphatic heterocycles. The number of aryl methyl sites for hydroxylation is 1. The molecule has 4 heteroatoms. The summed E-state index contributed by atoms with van der Waals surface area (Å²) in [5.41, 5.74) is 5.93. The van der Waals surface area contributed by atoms with Crippen LogP contribution in [0.15, 0.2) is 29.6 Å². The van der Waals surface area contributed by atoms with Crippen LogP contribution >= 0.6 is 22.7 Å². The highest BCUT2D eigenvalue weighted by atomic mass is 32.1. The monoisotopic (exact) mass is 280 g/mol. The molecule has 0 saturated heterocycles. The van der Waals surface area contributed by atoms with Crippen molar-refractivity contribution >= 4 is 22.7 Å². The fourth-order valence-corrected chi connectivity index (χ4v) is 3.80. The molecule has 0 fully saturated rings. The molecule has 2 heterocycles. The predicted octanol–water partition coefficient (Wildman–Crippen LogP) is 3.29. The number of hydrogen-bond acceptors (Lipinski definition) is 4. The van der Waals surface area contributed by atoms with Gasteiger partial charge in [-0.25, -0.2) is 0 Å². The van der Waals surface area contributed by atoms with E-state index in [0.717, 1.165) is 13.0 Å². The van der Waals surface area contributed by atoms with Gasteiger partial charge in [0, 0.05) is 27.7 Å². The fourth-order valence-electron chi connectivity index (χ4n) is 2.04. The maximum atomic E-state index is 5.93. The second-order valence-electron chi connectivity index (χ2n) is 4.51. The lowest BCUT2D eigenvalue weighted by Gasteiger charge is -2.25. The number of rotatable bonds is 6. The minimum atomic E-state index is 0.351. The molecule has 18 heavy (non-hydrogen) atoms. The van der Waals surface area contributed by atoms with Gasteiger partial charge >= 0.3 is 0 Å². The number of likely N-dealkylation sites (N-methyl/N-ethyl adjacent to an activating group) is 1. The molecule has 0 saturated carbocycles. The second-order valence-corrected chi connectivity index (χ2v) is 6.86. The second kappa shape index (κ2) is 6.48. The van der Waals surface area contributed by atoms with Gasteiger partial charge in [-0.2, -0.15) is 0 Å². The Labute approximate surface area is 117 Å². The third-order valence-corrected chi connectivity index (χ3v) is 5.17. The van der Waals surface area contributed by atoms with Crippen LogP contribution in [0.1, 0.15) is 20.7 Å². The summed E-state index contributed by atoms with van der Waals surface area (Å²) in [6.45, 7) is 3.88. The molecule has 0 bridgehead atoms. The van der Waals surface area contributed by atoms with Crippen LogP contribution in [-0.4, -0.2) is 25.0 Å². The van der Waals surface area contributed by atoms with Crippen LogP contribution < -0.4 is 5.73 Å². The van der Waals surface area contributed by atoms with Crippen LogP contribution in [-0.2, 0) is 6.42 Å². The van der Waals surface area contributed by atoms with Crippen molar-refractivity contribution in [2.24, 2.45) is 5.73 Å². The van der Waals surface area contributed by atoms with E-state index in [0.29, 0.717) is 12.6 Å². The average molecular weight is 280 g/mol. The summed E-state index contributed by atoms with van der Waals surface area (Å²) in [6, 6.07) is 9.05. The van der Waals surface area contributed by atoms with Crippen molar-refractivity contribution in [3.8, 4) is 0 Å². The average Bonchev–Trinajstić information content (AvgIpc) is 2.99. The molecular formula is C14H20N2S2. The van der Waals surface area contributed by atoms with Crippen molar-refractivity contribution in [3.63, 3.8) is 0 Å². The first kappa shape index (κ1) is 13.7. The van der Waals surface area contributed by atoms with E-state index in [1.807, 2.05) is 22.7 Å². The highest BCUT2D eigenvalue weighted by molar-refractivity contribution is 7.12. The minimum absolute atomic E-state index is 0.351. The number of nitrogens with zero attached hydrogens (tertiary/aromatic N) is 1. The third-order valence-electron chi connectivity index (χ3n) is 3.14. The number of hydrogen-bond donors (Lipinski definition) is 1. The van der Waals surface area contributed by atoms with Gasteiger partial charge in [0.05, 0.1) is 6.04 Å². The normalized spacial score (nSPS) is 13.1. The molecule has 2 nitrogen and oxygen atoms in total. The Kier molecular flexibility index (Phi) is 4.95. The van der Waals surface area contributed by atoms with Crippen molar-refractivity contribution in [2.75, 3.05) is 20.1 Å². The molecule has 0 aliphatic rings. The molecule has 2 rings (SSSR count). The van der Waals surface area contributed by atoms with Crippen LogP contribution in [0.5, 0.6) is 0 Å². The lowest BCUT2D eigenvalue weighted by Crippen LogP contribution is -2.31. The molecule has 0 amide bonds. The first-order chi connectivity index (χ1) is 8.70. The van der Waals surface area contributed by atoms with Crippen LogP contribution in [0, 0.1) is 6.92 Å². The van der Waals surface area contributed by atoms with Gasteiger partial charge in [0.2, 0.25) is 0 Å². The van der Waals surface area contributed by atoms with Gasteiger partial charge < -0.3 is 5.73 Å². The van der Waals surface area contributed by atoms with Gasteiger partial charge in [-0.05, 0) is 44.0 Å². The summed E-state index contributed by atoms with van der Waals surface area (Å²) in [6.07, 6.45) is 1.11. The van der Waals surface area contributed by atoms with E-state index in [4.69, 9.17) is 5.73 Å². The summed E-state index contributed by atoms with van der Waals surface area (Å²) in [7, 11) is 2.17. The Balaban J connectivity index is 1.95. The molecule has 2 N–H and O–H groups in total. The van der Waals surface area contributed by atoms with E-state index in [9.17, 15) is 0 Å². The van der Waals surface area contributed by atoms with Crippen LogP contribution in [0.25, 0.3) is 0 Å². The zero-order chi connectivity index (χ0) is 13.0. The molecule has 0 radical (unpaired) electrons. The molecule has 2 aromatic rings. The molecule has 0 aliphatic carbocycles. The highest BCUT2D eigenvalue weighted by Crippen LogP contribution is 2.26. The highest BCUT2D eigenvalue weighted by Gasteiger charge is 2.16. The zero-order valence-corrected chi connectivity index (χ0v) is 12.6. The zero-order valence-electron chi connectivity index (χ0n) is 10.9. The lowest BCUT2D eigenvalue weighted by atomic mass is 10.2. The number of nitrogens with two attached hydrogens (primary N) is 1. The van der Waals surface area contributed by atoms with E-state index >= 15 is 0 Å². The Morgan fingerprint density at radius 3 is 2.72 bits per heavy atom. The third kappa shape index (κ3) is 3.42. The summed E-state index contributed by atoms with van der Waals surface area (Å²) in [5.74, 6) is 0. The van der Waals surface area contributed by atoms with E-state index < -0.39 is 0 Å². The van der Waals surface area contributed by atoms with Gasteiger partial charge in [-0.3, -0.25) is 4.90 Å². The fraction of sp³-hybridized carbons (Fsp3) is 0.429. The van der Waals surface area contributed by atoms with E-state index in [2.05, 4.69) is 48.5 Å². The first-order valence-corrected chi connectivity index (χ1v) is 7.89. The molecule has 0 aromatic carbocycles. The molecular weight excluding hydrogens is 260 g/mol. The van der Waals surface area contributed by atoms with Crippen LogP contribution in [0.4, 0.5) is 0 Å². The largest absolute Gasteiger partial charge is 0.329 e. The van der Waals surface area contributed by atoms with Gasteiger partial charge in [-0.1, -0.05) is 6.07 Å². The SMILES string of the molecule is Cc1ccc(C(CN)N(C)CCc2cccs2)s1. The Morgan fingerprint density at radius 2 is 2.17 bits per heavy atom. The minimum Gasteiger partial charge on any atom is -0.329 e. The predicted molar refractivity (Wildman–Crippen MR) is 81.5 cm³/mol. The van der Waals surface area contributed by atoms with Crippen molar-refractivity contribution in [3.05, 3.63) is 44.3 Å². The number of thiophene rings is 2. The molecule has 98 valence electrons. The summed E-state index contributed by atoms with van der Waals surface area (Å²) >= 11 is 3.68. The van der Waals surface area contributed by atoms with Gasteiger partial charge in [-0.15, -0.1) is 22.7 Å². The first-order valence-electron chi connectivity index (χ1n) is 6.19. The van der Waals surface area contributed by atoms with Gasteiger partial charge in [0.15, 0.2) is 0 Å². The van der Waals surface area contributed by atoms with Crippen molar-refractivity contribution in [2.45, 2.75) is 19.4 Å². The van der Waals surface area contributed by atoms with Gasteiger partial charge in [0.25, 0.3) is 0 Å². The van der Waals surface area contributed by atoms with Crippen molar-refractivity contribution in [1.29, 1.82) is 0 Å². The summed E-state index contributed by atoms with van der Waals surface area (Å²) < 4.78 is 0. The summed E-state index contributed by atoms with van der Waals surface area (Å²) in [4.78, 5) is 6.55. The topological polar surface area (TPSA) is 29.3 Å². The maximum Gasteiger partial charge on any atom is 0.0562 e. The smallest absolute Gasteiger partial charge is 0.0562 e. The Morgan fingerprint density at radius 1 is 1.33 bits per heavy atom. The molecule has 0 spiro atoms. The van der Waals surface area contributed by atoms with Gasteiger partial charge in [0.1, 0.15) is 0 Å². The molecule has 2 aromatic heterocycles. The lowest BCUT2D eigenvalue weighted by molar-refractivity contribution is 0.257. The van der Waals surface area contributed by atoms with E-state index in [-0.39, 0.29) is 0 Å². The Hall–Kier alpha value is -0.680. The van der Waals surface area contributed by atoms with Crippen molar-refractivity contribution in [1.82, 2.24) is 4.90 Å². The van der Waals surface area contributed by atoms with E-state index in [1.54, 1.807) is 0 Å². The summed E-state index contributed by atoms with van der Waals surface area (Å²) in [5, 5.41) is 2.14. The molecule has 1 atom stereocenters. The van der Waals surface area contributed by atoms with Crippen LogP contribution in [0.2, 0.25) is 0 Å². The van der Waals surface area contributed by atoms with Crippen molar-refractivity contribution < 1.29 is 0 Å². The maximum absolute atomic E-state index is 5.93.